The predicted octanol–water partition coefficient (Wildman–Crippen LogP) is 5.63. The van der Waals surface area contributed by atoms with Crippen LogP contribution in [0.1, 0.15) is 24.7 Å². The molecule has 0 aliphatic carbocycles. The molecule has 0 radical (unpaired) electrons. The third-order valence-electron chi connectivity index (χ3n) is 4.34. The first-order valence-electron chi connectivity index (χ1n) is 9.36. The molecule has 5 nitrogen and oxygen atoms in total. The van der Waals surface area contributed by atoms with E-state index in [4.69, 9.17) is 0 Å². The van der Waals surface area contributed by atoms with Crippen molar-refractivity contribution in [3.8, 4) is 0 Å². The summed E-state index contributed by atoms with van der Waals surface area (Å²) in [5.41, 5.74) is 3.56. The number of fused-ring (bicyclic) bond motifs is 1. The topological polar surface area (TPSA) is 70.7 Å². The standard InChI is InChI=1S/C23H20N4OS/c1-2-23(28)25-17-7-5-8-18(14-17)29-19-10-11-20-21(26-27-22(20)15-19)12-9-16-6-3-4-13-24-16/h3-15H,2H2,1H3,(H,25,28)(H,26,27)/b12-9+. The Hall–Kier alpha value is -3.38. The van der Waals surface area contributed by atoms with Crippen LogP contribution in [0.4, 0.5) is 5.69 Å². The van der Waals surface area contributed by atoms with Crippen LogP contribution in [0, 0.1) is 0 Å². The van der Waals surface area contributed by atoms with E-state index in [2.05, 4.69) is 38.7 Å². The number of aromatic nitrogens is 3. The highest BCUT2D eigenvalue weighted by molar-refractivity contribution is 7.99. The Morgan fingerprint density at radius 1 is 1.07 bits per heavy atom. The number of rotatable bonds is 6. The molecule has 0 spiro atoms. The summed E-state index contributed by atoms with van der Waals surface area (Å²) in [7, 11) is 0. The molecular weight excluding hydrogens is 380 g/mol. The maximum absolute atomic E-state index is 11.6. The first-order chi connectivity index (χ1) is 14.2. The number of nitrogens with zero attached hydrogens (tertiary/aromatic N) is 2. The Kier molecular flexibility index (Phi) is 5.72. The third kappa shape index (κ3) is 4.73. The SMILES string of the molecule is CCC(=O)Nc1cccc(Sc2ccc3c(/C=C/c4ccccn4)n[nH]c3c2)c1. The molecule has 144 valence electrons. The van der Waals surface area contributed by atoms with Gasteiger partial charge in [0.25, 0.3) is 0 Å². The van der Waals surface area contributed by atoms with Crippen molar-refractivity contribution in [2.45, 2.75) is 23.1 Å². The van der Waals surface area contributed by atoms with E-state index < -0.39 is 0 Å². The molecule has 0 atom stereocenters. The molecule has 0 saturated carbocycles. The zero-order valence-electron chi connectivity index (χ0n) is 15.9. The van der Waals surface area contributed by atoms with E-state index >= 15 is 0 Å². The third-order valence-corrected chi connectivity index (χ3v) is 5.32. The number of nitrogens with one attached hydrogen (secondary N) is 2. The minimum absolute atomic E-state index is 0.0114. The van der Waals surface area contributed by atoms with Crippen molar-refractivity contribution < 1.29 is 4.79 Å². The number of H-pyrrole nitrogens is 1. The fourth-order valence-electron chi connectivity index (χ4n) is 2.87. The normalized spacial score (nSPS) is 11.2. The van der Waals surface area contributed by atoms with Crippen molar-refractivity contribution in [3.05, 3.63) is 78.2 Å². The van der Waals surface area contributed by atoms with Gasteiger partial charge in [0.2, 0.25) is 5.91 Å². The van der Waals surface area contributed by atoms with Gasteiger partial charge in [0, 0.05) is 33.5 Å². The second-order valence-electron chi connectivity index (χ2n) is 6.44. The van der Waals surface area contributed by atoms with Gasteiger partial charge in [-0.2, -0.15) is 5.10 Å². The number of hydrogen-bond donors (Lipinski definition) is 2. The second kappa shape index (κ2) is 8.75. The van der Waals surface area contributed by atoms with Gasteiger partial charge in [-0.1, -0.05) is 30.8 Å². The first-order valence-corrected chi connectivity index (χ1v) is 10.2. The van der Waals surface area contributed by atoms with Crippen LogP contribution >= 0.6 is 11.8 Å². The summed E-state index contributed by atoms with van der Waals surface area (Å²) >= 11 is 1.64. The summed E-state index contributed by atoms with van der Waals surface area (Å²) in [6.07, 6.45) is 6.15. The smallest absolute Gasteiger partial charge is 0.224 e. The van der Waals surface area contributed by atoms with E-state index in [-0.39, 0.29) is 5.91 Å². The zero-order chi connectivity index (χ0) is 20.1. The lowest BCUT2D eigenvalue weighted by Crippen LogP contribution is -2.09. The molecule has 0 aliphatic rings. The Morgan fingerprint density at radius 2 is 1.97 bits per heavy atom. The fourth-order valence-corrected chi connectivity index (χ4v) is 3.79. The van der Waals surface area contributed by atoms with Crippen LogP contribution in [0.5, 0.6) is 0 Å². The van der Waals surface area contributed by atoms with Crippen molar-refractivity contribution in [3.63, 3.8) is 0 Å². The molecule has 2 N–H and O–H groups in total. The van der Waals surface area contributed by atoms with Gasteiger partial charge < -0.3 is 5.32 Å². The number of amides is 1. The molecule has 2 heterocycles. The monoisotopic (exact) mass is 400 g/mol. The lowest BCUT2D eigenvalue weighted by Gasteiger charge is -2.06. The Bertz CT molecular complexity index is 1170. The van der Waals surface area contributed by atoms with Crippen LogP contribution < -0.4 is 5.32 Å². The van der Waals surface area contributed by atoms with E-state index in [0.29, 0.717) is 6.42 Å². The summed E-state index contributed by atoms with van der Waals surface area (Å²) < 4.78 is 0. The minimum Gasteiger partial charge on any atom is -0.326 e. The average molecular weight is 401 g/mol. The summed E-state index contributed by atoms with van der Waals surface area (Å²) in [5.74, 6) is 0.0114. The lowest BCUT2D eigenvalue weighted by atomic mass is 10.2. The molecule has 6 heteroatoms. The van der Waals surface area contributed by atoms with E-state index in [1.165, 1.54) is 0 Å². The van der Waals surface area contributed by atoms with Gasteiger partial charge in [-0.05, 0) is 60.7 Å². The van der Waals surface area contributed by atoms with Crippen LogP contribution in [-0.2, 0) is 4.79 Å². The molecule has 0 bridgehead atoms. The molecule has 2 aromatic heterocycles. The quantitative estimate of drug-likeness (QED) is 0.440. The Morgan fingerprint density at radius 3 is 2.79 bits per heavy atom. The number of aromatic amines is 1. The van der Waals surface area contributed by atoms with Crippen LogP contribution in [0.25, 0.3) is 23.1 Å². The molecule has 2 aromatic carbocycles. The van der Waals surface area contributed by atoms with Gasteiger partial charge in [0.05, 0.1) is 16.9 Å². The second-order valence-corrected chi connectivity index (χ2v) is 7.58. The van der Waals surface area contributed by atoms with Crippen LogP contribution in [0.2, 0.25) is 0 Å². The number of carbonyl (C=O) groups is 1. The van der Waals surface area contributed by atoms with Gasteiger partial charge in [-0.3, -0.25) is 14.9 Å². The largest absolute Gasteiger partial charge is 0.326 e. The highest BCUT2D eigenvalue weighted by atomic mass is 32.2. The van der Waals surface area contributed by atoms with Crippen LogP contribution in [0.3, 0.4) is 0 Å². The van der Waals surface area contributed by atoms with Crippen molar-refractivity contribution in [2.75, 3.05) is 5.32 Å². The Balaban J connectivity index is 1.52. The first kappa shape index (κ1) is 19.0. The summed E-state index contributed by atoms with van der Waals surface area (Å²) in [6.45, 7) is 1.84. The molecule has 4 aromatic rings. The van der Waals surface area contributed by atoms with Gasteiger partial charge in [0.1, 0.15) is 0 Å². The number of pyridine rings is 1. The lowest BCUT2D eigenvalue weighted by molar-refractivity contribution is -0.115. The molecule has 0 fully saturated rings. The van der Waals surface area contributed by atoms with E-state index in [1.54, 1.807) is 18.0 Å². The number of carbonyl (C=O) groups excluding carboxylic acids is 1. The van der Waals surface area contributed by atoms with Crippen molar-refractivity contribution in [1.82, 2.24) is 15.2 Å². The van der Waals surface area contributed by atoms with Gasteiger partial charge in [-0.15, -0.1) is 0 Å². The fraction of sp³-hybridized carbons (Fsp3) is 0.0870. The maximum atomic E-state index is 11.6. The number of anilines is 1. The molecule has 0 saturated heterocycles. The zero-order valence-corrected chi connectivity index (χ0v) is 16.7. The summed E-state index contributed by atoms with van der Waals surface area (Å²) in [5, 5.41) is 11.5. The van der Waals surface area contributed by atoms with Crippen molar-refractivity contribution in [2.24, 2.45) is 0 Å². The highest BCUT2D eigenvalue weighted by Gasteiger charge is 2.06. The molecule has 0 unspecified atom stereocenters. The van der Waals surface area contributed by atoms with Crippen LogP contribution in [0.15, 0.2) is 76.7 Å². The molecule has 4 rings (SSSR count). The Labute approximate surface area is 173 Å². The maximum Gasteiger partial charge on any atom is 0.224 e. The van der Waals surface area contributed by atoms with E-state index in [9.17, 15) is 4.79 Å². The van der Waals surface area contributed by atoms with Gasteiger partial charge in [-0.25, -0.2) is 0 Å². The molecule has 29 heavy (non-hydrogen) atoms. The summed E-state index contributed by atoms with van der Waals surface area (Å²) in [4.78, 5) is 18.1. The van der Waals surface area contributed by atoms with E-state index in [0.717, 1.165) is 37.8 Å². The predicted molar refractivity (Wildman–Crippen MR) is 119 cm³/mol. The van der Waals surface area contributed by atoms with Gasteiger partial charge >= 0.3 is 0 Å². The molecule has 0 aliphatic heterocycles. The highest BCUT2D eigenvalue weighted by Crippen LogP contribution is 2.32. The minimum atomic E-state index is 0.0114. The average Bonchev–Trinajstić information content (AvgIpc) is 3.15. The summed E-state index contributed by atoms with van der Waals surface area (Å²) in [6, 6.07) is 19.9. The van der Waals surface area contributed by atoms with Crippen LogP contribution in [-0.4, -0.2) is 21.1 Å². The van der Waals surface area contributed by atoms with Crippen molar-refractivity contribution in [1.29, 1.82) is 0 Å². The van der Waals surface area contributed by atoms with E-state index in [1.807, 2.05) is 61.5 Å². The van der Waals surface area contributed by atoms with Crippen molar-refractivity contribution >= 4 is 46.4 Å². The number of benzene rings is 2. The van der Waals surface area contributed by atoms with Gasteiger partial charge in [0.15, 0.2) is 0 Å². The molecule has 1 amide bonds. The molecular formula is C23H20N4OS. The number of hydrogen-bond acceptors (Lipinski definition) is 4.